The highest BCUT2D eigenvalue weighted by Crippen LogP contribution is 2.21. The molecule has 0 aliphatic carbocycles. The Bertz CT molecular complexity index is 762. The number of carbonyl (C=O) groups excluding carboxylic acids is 1. The van der Waals surface area contributed by atoms with E-state index in [2.05, 4.69) is 22.8 Å². The second-order valence-corrected chi connectivity index (χ2v) is 9.13. The predicted molar refractivity (Wildman–Crippen MR) is 124 cm³/mol. The van der Waals surface area contributed by atoms with E-state index in [0.29, 0.717) is 19.6 Å². The third-order valence-corrected chi connectivity index (χ3v) is 6.38. The van der Waals surface area contributed by atoms with E-state index < -0.39 is 12.0 Å². The number of rotatable bonds is 10. The van der Waals surface area contributed by atoms with Crippen LogP contribution in [0.4, 0.5) is 10.6 Å². The largest absolute Gasteiger partial charge is 0.480 e. The van der Waals surface area contributed by atoms with E-state index in [1.54, 1.807) is 4.90 Å². The molecule has 2 amide bonds. The molecule has 178 valence electrons. The summed E-state index contributed by atoms with van der Waals surface area (Å²) < 4.78 is 5.45. The van der Waals surface area contributed by atoms with Gasteiger partial charge >= 0.3 is 12.0 Å². The van der Waals surface area contributed by atoms with E-state index in [0.717, 1.165) is 63.0 Å². The number of anilines is 1. The standard InChI is InChI=1S/C24H38N4O4/c1-17-15-32-16-18(2)28(17)24(31)27-21(23(29)30)11-7-5-3-4-6-10-20-13-12-19-9-8-14-25-22(19)26-20/h12-13,17-18,21H,3-11,14-16H2,1-2H3,(H,25,26)(H,27,31)(H,29,30)/t17-,18-,21+/m1/s1. The van der Waals surface area contributed by atoms with Crippen molar-refractivity contribution in [3.8, 4) is 0 Å². The number of nitrogens with one attached hydrogen (secondary N) is 2. The van der Waals surface area contributed by atoms with E-state index in [4.69, 9.17) is 9.72 Å². The van der Waals surface area contributed by atoms with Gasteiger partial charge in [0.1, 0.15) is 11.9 Å². The fraction of sp³-hybridized carbons (Fsp3) is 0.708. The molecule has 3 atom stereocenters. The average Bonchev–Trinajstić information content (AvgIpc) is 2.77. The van der Waals surface area contributed by atoms with Crippen LogP contribution in [0.3, 0.4) is 0 Å². The summed E-state index contributed by atoms with van der Waals surface area (Å²) >= 11 is 0. The van der Waals surface area contributed by atoms with Crippen molar-refractivity contribution in [1.82, 2.24) is 15.2 Å². The Labute approximate surface area is 191 Å². The van der Waals surface area contributed by atoms with Crippen molar-refractivity contribution in [2.45, 2.75) is 89.8 Å². The zero-order chi connectivity index (χ0) is 22.9. The average molecular weight is 447 g/mol. The number of morpholine rings is 1. The molecule has 2 aliphatic heterocycles. The number of fused-ring (bicyclic) bond motifs is 1. The first-order valence-electron chi connectivity index (χ1n) is 12.1. The monoisotopic (exact) mass is 446 g/mol. The Kier molecular flexibility index (Phi) is 9.14. The molecule has 2 aliphatic rings. The first kappa shape index (κ1) is 24.3. The minimum Gasteiger partial charge on any atom is -0.480 e. The van der Waals surface area contributed by atoms with Gasteiger partial charge in [-0.2, -0.15) is 0 Å². The number of carboxylic acids is 1. The lowest BCUT2D eigenvalue weighted by atomic mass is 10.0. The summed E-state index contributed by atoms with van der Waals surface area (Å²) in [6.45, 7) is 5.80. The van der Waals surface area contributed by atoms with E-state index in [-0.39, 0.29) is 18.1 Å². The Morgan fingerprint density at radius 3 is 2.66 bits per heavy atom. The number of hydrogen-bond donors (Lipinski definition) is 3. The van der Waals surface area contributed by atoms with Crippen molar-refractivity contribution in [2.75, 3.05) is 25.1 Å². The summed E-state index contributed by atoms with van der Waals surface area (Å²) in [5.74, 6) is 0.0791. The molecule has 1 saturated heterocycles. The second kappa shape index (κ2) is 12.0. The fourth-order valence-corrected chi connectivity index (χ4v) is 4.58. The summed E-state index contributed by atoms with van der Waals surface area (Å²) in [7, 11) is 0. The van der Waals surface area contributed by atoms with Crippen LogP contribution in [-0.4, -0.2) is 64.9 Å². The van der Waals surface area contributed by atoms with Gasteiger partial charge in [-0.25, -0.2) is 14.6 Å². The molecule has 8 nitrogen and oxygen atoms in total. The molecular formula is C24H38N4O4. The Hall–Kier alpha value is -2.35. The molecule has 1 aromatic heterocycles. The number of amides is 2. The molecule has 1 aromatic rings. The van der Waals surface area contributed by atoms with Gasteiger partial charge in [0.05, 0.1) is 25.3 Å². The van der Waals surface area contributed by atoms with Crippen LogP contribution in [0.2, 0.25) is 0 Å². The van der Waals surface area contributed by atoms with Gasteiger partial charge in [0, 0.05) is 12.2 Å². The summed E-state index contributed by atoms with van der Waals surface area (Å²) in [5.41, 5.74) is 2.45. The number of carboxylic acid groups (broad SMARTS) is 1. The van der Waals surface area contributed by atoms with Crippen LogP contribution < -0.4 is 10.6 Å². The van der Waals surface area contributed by atoms with Crippen LogP contribution >= 0.6 is 0 Å². The zero-order valence-electron chi connectivity index (χ0n) is 19.4. The van der Waals surface area contributed by atoms with E-state index in [9.17, 15) is 14.7 Å². The third kappa shape index (κ3) is 6.82. The maximum Gasteiger partial charge on any atom is 0.326 e. The number of urea groups is 1. The maximum absolute atomic E-state index is 12.6. The number of aromatic nitrogens is 1. The molecular weight excluding hydrogens is 408 g/mol. The highest BCUT2D eigenvalue weighted by Gasteiger charge is 2.32. The molecule has 0 spiro atoms. The molecule has 8 heteroatoms. The number of aryl methyl sites for hydroxylation is 2. The SMILES string of the molecule is C[C@@H]1COC[C@@H](C)N1C(=O)N[C@@H](CCCCCCCc1ccc2c(n1)NCCC2)C(=O)O. The van der Waals surface area contributed by atoms with Gasteiger partial charge < -0.3 is 25.4 Å². The van der Waals surface area contributed by atoms with E-state index in [1.807, 2.05) is 13.8 Å². The lowest BCUT2D eigenvalue weighted by molar-refractivity contribution is -0.139. The fourth-order valence-electron chi connectivity index (χ4n) is 4.58. The number of hydrogen-bond acceptors (Lipinski definition) is 5. The Morgan fingerprint density at radius 2 is 1.91 bits per heavy atom. The summed E-state index contributed by atoms with van der Waals surface area (Å²) in [6, 6.07) is 3.05. The number of unbranched alkanes of at least 4 members (excludes halogenated alkanes) is 4. The van der Waals surface area contributed by atoms with Gasteiger partial charge in [0.15, 0.2) is 0 Å². The van der Waals surface area contributed by atoms with Gasteiger partial charge in [-0.3, -0.25) is 0 Å². The molecule has 0 aromatic carbocycles. The molecule has 3 rings (SSSR count). The number of pyridine rings is 1. The van der Waals surface area contributed by atoms with Gasteiger partial charge in [-0.1, -0.05) is 31.7 Å². The Morgan fingerprint density at radius 1 is 1.19 bits per heavy atom. The first-order valence-corrected chi connectivity index (χ1v) is 12.1. The van der Waals surface area contributed by atoms with Crippen molar-refractivity contribution in [3.63, 3.8) is 0 Å². The Balaban J connectivity index is 1.32. The lowest BCUT2D eigenvalue weighted by Crippen LogP contribution is -2.58. The normalized spacial score (nSPS) is 21.4. The summed E-state index contributed by atoms with van der Waals surface area (Å²) in [4.78, 5) is 30.7. The number of carbonyl (C=O) groups is 2. The van der Waals surface area contributed by atoms with E-state index in [1.165, 1.54) is 12.0 Å². The molecule has 3 N–H and O–H groups in total. The first-order chi connectivity index (χ1) is 15.5. The van der Waals surface area contributed by atoms with Crippen LogP contribution in [0.25, 0.3) is 0 Å². The van der Waals surface area contributed by atoms with Crippen molar-refractivity contribution in [3.05, 3.63) is 23.4 Å². The number of nitrogens with zero attached hydrogens (tertiary/aromatic N) is 2. The van der Waals surface area contributed by atoms with Gasteiger partial charge in [-0.05, 0) is 57.6 Å². The van der Waals surface area contributed by atoms with Crippen molar-refractivity contribution >= 4 is 17.8 Å². The molecule has 1 fully saturated rings. The minimum atomic E-state index is -0.973. The van der Waals surface area contributed by atoms with Crippen molar-refractivity contribution < 1.29 is 19.4 Å². The predicted octanol–water partition coefficient (Wildman–Crippen LogP) is 3.59. The maximum atomic E-state index is 12.6. The molecule has 0 radical (unpaired) electrons. The zero-order valence-corrected chi connectivity index (χ0v) is 19.4. The van der Waals surface area contributed by atoms with Crippen molar-refractivity contribution in [2.24, 2.45) is 0 Å². The molecule has 32 heavy (non-hydrogen) atoms. The van der Waals surface area contributed by atoms with Crippen LogP contribution in [0.5, 0.6) is 0 Å². The van der Waals surface area contributed by atoms with Crippen molar-refractivity contribution in [1.29, 1.82) is 0 Å². The smallest absolute Gasteiger partial charge is 0.326 e. The van der Waals surface area contributed by atoms with Gasteiger partial charge in [-0.15, -0.1) is 0 Å². The second-order valence-electron chi connectivity index (χ2n) is 9.13. The molecule has 3 heterocycles. The van der Waals surface area contributed by atoms with Crippen LogP contribution in [0.1, 0.15) is 70.1 Å². The molecule has 0 saturated carbocycles. The molecule has 0 bridgehead atoms. The highest BCUT2D eigenvalue weighted by molar-refractivity contribution is 5.82. The van der Waals surface area contributed by atoms with Gasteiger partial charge in [0.25, 0.3) is 0 Å². The van der Waals surface area contributed by atoms with Crippen LogP contribution in [-0.2, 0) is 22.4 Å². The number of aliphatic carboxylic acids is 1. The van der Waals surface area contributed by atoms with Gasteiger partial charge in [0.2, 0.25) is 0 Å². The quantitative estimate of drug-likeness (QED) is 0.475. The topological polar surface area (TPSA) is 104 Å². The van der Waals surface area contributed by atoms with Crippen LogP contribution in [0.15, 0.2) is 12.1 Å². The minimum absolute atomic E-state index is 0.0615. The van der Waals surface area contributed by atoms with E-state index >= 15 is 0 Å². The summed E-state index contributed by atoms with van der Waals surface area (Å²) in [5, 5.41) is 15.6. The third-order valence-electron chi connectivity index (χ3n) is 6.38. The number of ether oxygens (including phenoxy) is 1. The highest BCUT2D eigenvalue weighted by atomic mass is 16.5. The summed E-state index contributed by atoms with van der Waals surface area (Å²) in [6.07, 6.45) is 8.68. The lowest BCUT2D eigenvalue weighted by Gasteiger charge is -2.39. The molecule has 0 unspecified atom stereocenters. The van der Waals surface area contributed by atoms with Crippen LogP contribution in [0, 0.1) is 0 Å².